The van der Waals surface area contributed by atoms with Gasteiger partial charge in [0, 0.05) is 0 Å². The van der Waals surface area contributed by atoms with Gasteiger partial charge >= 0.3 is 14.2 Å². The molecular weight excluding hydrogens is 292 g/mol. The van der Waals surface area contributed by atoms with Gasteiger partial charge in [-0.1, -0.05) is 39.3 Å². The van der Waals surface area contributed by atoms with Crippen molar-refractivity contribution >= 4 is 30.7 Å². The molecule has 5 nitrogen and oxygen atoms in total. The van der Waals surface area contributed by atoms with Crippen molar-refractivity contribution in [3.8, 4) is 0 Å². The first-order valence-corrected chi connectivity index (χ1v) is 14.7. The summed E-state index contributed by atoms with van der Waals surface area (Å²) in [5.74, 6) is 0. The molecule has 124 valence electrons. The van der Waals surface area contributed by atoms with Crippen molar-refractivity contribution in [2.75, 3.05) is 42.3 Å². The summed E-state index contributed by atoms with van der Waals surface area (Å²) in [7, 11) is 10.6. The highest BCUT2D eigenvalue weighted by Crippen LogP contribution is 2.17. The third kappa shape index (κ3) is 6.98. The van der Waals surface area contributed by atoms with E-state index in [1.54, 1.807) is 0 Å². The first kappa shape index (κ1) is 21.4. The molecule has 0 aliphatic rings. The zero-order chi connectivity index (χ0) is 17.2. The quantitative estimate of drug-likeness (QED) is 0.675. The molecule has 0 amide bonds. The first-order chi connectivity index (χ1) is 9.18. The van der Waals surface area contributed by atoms with Gasteiger partial charge in [0.05, 0.1) is 0 Å². The predicted molar refractivity (Wildman–Crippen MR) is 104 cm³/mol. The van der Waals surface area contributed by atoms with E-state index in [2.05, 4.69) is 105 Å². The predicted octanol–water partition coefficient (Wildman–Crippen LogP) is 1.20. The summed E-state index contributed by atoms with van der Waals surface area (Å²) in [5, 5.41) is 0. The van der Waals surface area contributed by atoms with Crippen LogP contribution in [0.4, 0.5) is 0 Å². The van der Waals surface area contributed by atoms with E-state index in [1.807, 2.05) is 0 Å². The number of nitrogens with zero attached hydrogens (tertiary/aromatic N) is 4. The second kappa shape index (κ2) is 7.76. The third-order valence-corrected chi connectivity index (χ3v) is 6.41. The van der Waals surface area contributed by atoms with Crippen LogP contribution in [0.1, 0.15) is 0 Å². The molecule has 0 aromatic carbocycles. The van der Waals surface area contributed by atoms with Crippen LogP contribution in [0.5, 0.6) is 0 Å². The summed E-state index contributed by atoms with van der Waals surface area (Å²) in [6.45, 7) is 14.4. The molecular formula is C12H37B2N5Si2. The van der Waals surface area contributed by atoms with Crippen molar-refractivity contribution in [1.29, 1.82) is 0 Å². The van der Waals surface area contributed by atoms with Gasteiger partial charge in [0.25, 0.3) is 0 Å². The Morgan fingerprint density at radius 1 is 0.667 bits per heavy atom. The Bertz CT molecular complexity index is 308. The lowest BCUT2D eigenvalue weighted by Crippen LogP contribution is -2.78. The van der Waals surface area contributed by atoms with Crippen LogP contribution in [0.15, 0.2) is 0 Å². The van der Waals surface area contributed by atoms with Gasteiger partial charge < -0.3 is 23.7 Å². The lowest BCUT2D eigenvalue weighted by Gasteiger charge is -2.49. The van der Waals surface area contributed by atoms with E-state index in [9.17, 15) is 0 Å². The zero-order valence-electron chi connectivity index (χ0n) is 16.4. The van der Waals surface area contributed by atoms with Gasteiger partial charge in [-0.05, 0) is 42.3 Å². The van der Waals surface area contributed by atoms with Crippen LogP contribution in [0.3, 0.4) is 0 Å². The molecule has 21 heavy (non-hydrogen) atoms. The number of nitrogens with one attached hydrogen (secondary N) is 1. The molecule has 0 aliphatic heterocycles. The van der Waals surface area contributed by atoms with Crippen molar-refractivity contribution in [3.63, 3.8) is 0 Å². The van der Waals surface area contributed by atoms with Gasteiger partial charge in [-0.3, -0.25) is 0 Å². The van der Waals surface area contributed by atoms with Crippen molar-refractivity contribution < 1.29 is 0 Å². The smallest absolute Gasteiger partial charge is 0.351 e. The minimum atomic E-state index is -1.53. The third-order valence-electron chi connectivity index (χ3n) is 3.26. The molecule has 1 N–H and O–H groups in total. The molecule has 0 atom stereocenters. The lowest BCUT2D eigenvalue weighted by atomic mass is 9.77. The Morgan fingerprint density at radius 2 is 1.05 bits per heavy atom. The Kier molecular flexibility index (Phi) is 7.90. The van der Waals surface area contributed by atoms with Crippen LogP contribution in [0, 0.1) is 0 Å². The topological polar surface area (TPSA) is 25.0 Å². The molecule has 0 aromatic rings. The average Bonchev–Trinajstić information content (AvgIpc) is 2.18. The van der Waals surface area contributed by atoms with Crippen LogP contribution in [-0.2, 0) is 0 Å². The molecule has 0 fully saturated rings. The van der Waals surface area contributed by atoms with Crippen molar-refractivity contribution in [3.05, 3.63) is 0 Å². The monoisotopic (exact) mass is 329 g/mol. The second-order valence-electron chi connectivity index (χ2n) is 8.58. The SMILES string of the molecule is CN(C)B(N[Si](C)(C)C)N(B(N(C)C)N(C)C)[Si](C)(C)C. The van der Waals surface area contributed by atoms with Gasteiger partial charge in [-0.2, -0.15) is 0 Å². The van der Waals surface area contributed by atoms with Crippen LogP contribution < -0.4 is 4.89 Å². The van der Waals surface area contributed by atoms with Gasteiger partial charge in [-0.15, -0.1) is 0 Å². The number of rotatable bonds is 8. The molecule has 0 rings (SSSR count). The lowest BCUT2D eigenvalue weighted by molar-refractivity contribution is 0.461. The van der Waals surface area contributed by atoms with Gasteiger partial charge in [-0.25, -0.2) is 0 Å². The van der Waals surface area contributed by atoms with E-state index >= 15 is 0 Å². The molecule has 0 radical (unpaired) electrons. The molecule has 0 bridgehead atoms. The Morgan fingerprint density at radius 3 is 1.24 bits per heavy atom. The summed E-state index contributed by atoms with van der Waals surface area (Å²) in [6, 6.07) is 0. The fourth-order valence-electron chi connectivity index (χ4n) is 2.63. The van der Waals surface area contributed by atoms with E-state index in [0.29, 0.717) is 0 Å². The number of hydrogen-bond acceptors (Lipinski definition) is 5. The standard InChI is InChI=1S/C12H37B2N5Si2/c1-16(2)13(15-20(7,8)9)19(21(10,11)12)14(17(3)4)18(5)6/h15H,1-12H3. The van der Waals surface area contributed by atoms with E-state index in [1.165, 1.54) is 0 Å². The molecule has 9 heteroatoms. The highest BCUT2D eigenvalue weighted by atomic mass is 28.3. The zero-order valence-corrected chi connectivity index (χ0v) is 18.4. The molecule has 0 spiro atoms. The summed E-state index contributed by atoms with van der Waals surface area (Å²) in [5.41, 5.74) is 0. The molecule has 0 aliphatic carbocycles. The molecule has 0 saturated heterocycles. The minimum absolute atomic E-state index is 0.262. The Labute approximate surface area is 136 Å². The summed E-state index contributed by atoms with van der Waals surface area (Å²) in [4.78, 5) is 10.9. The summed E-state index contributed by atoms with van der Waals surface area (Å²) in [6.07, 6.45) is 0. The first-order valence-electron chi connectivity index (χ1n) is 7.74. The van der Waals surface area contributed by atoms with Crippen LogP contribution in [0.25, 0.3) is 0 Å². The summed E-state index contributed by atoms with van der Waals surface area (Å²) >= 11 is 0. The molecule has 0 heterocycles. The Hall–Kier alpha value is 0.364. The largest absolute Gasteiger partial charge is 0.386 e. The average molecular weight is 329 g/mol. The Balaban J connectivity index is 5.75. The van der Waals surface area contributed by atoms with Crippen LogP contribution in [-0.4, -0.2) is 91.8 Å². The van der Waals surface area contributed by atoms with Crippen molar-refractivity contribution in [2.45, 2.75) is 39.3 Å². The van der Waals surface area contributed by atoms with Gasteiger partial charge in [0.1, 0.15) is 16.5 Å². The van der Waals surface area contributed by atoms with Gasteiger partial charge in [0.2, 0.25) is 0 Å². The molecule has 0 saturated carbocycles. The fourth-order valence-corrected chi connectivity index (χ4v) is 6.12. The van der Waals surface area contributed by atoms with E-state index in [0.717, 1.165) is 0 Å². The summed E-state index contributed by atoms with van der Waals surface area (Å²) < 4.78 is 2.69. The second-order valence-corrected chi connectivity index (χ2v) is 18.2. The van der Waals surface area contributed by atoms with Gasteiger partial charge in [0.15, 0.2) is 0 Å². The maximum absolute atomic E-state index is 3.92. The normalized spacial score (nSPS) is 13.7. The highest BCUT2D eigenvalue weighted by Gasteiger charge is 2.46. The van der Waals surface area contributed by atoms with E-state index < -0.39 is 16.5 Å². The highest BCUT2D eigenvalue weighted by molar-refractivity contribution is 6.95. The molecule has 0 unspecified atom stereocenters. The minimum Gasteiger partial charge on any atom is -0.351 e. The van der Waals surface area contributed by atoms with Crippen molar-refractivity contribution in [2.24, 2.45) is 0 Å². The van der Waals surface area contributed by atoms with Crippen LogP contribution >= 0.6 is 0 Å². The maximum atomic E-state index is 3.92. The van der Waals surface area contributed by atoms with E-state index in [-0.39, 0.29) is 14.2 Å². The fraction of sp³-hybridized carbons (Fsp3) is 1.00. The van der Waals surface area contributed by atoms with Crippen LogP contribution in [0.2, 0.25) is 39.3 Å². The number of hydrogen-bond donors (Lipinski definition) is 1. The van der Waals surface area contributed by atoms with Crippen molar-refractivity contribution in [1.82, 2.24) is 23.7 Å². The maximum Gasteiger partial charge on any atom is 0.386 e. The molecule has 0 aromatic heterocycles. The van der Waals surface area contributed by atoms with E-state index in [4.69, 9.17) is 0 Å².